The molecule has 0 unspecified atom stereocenters. The second kappa shape index (κ2) is 8.63. The lowest BCUT2D eigenvalue weighted by atomic mass is 10.3. The predicted molar refractivity (Wildman–Crippen MR) is 111 cm³/mol. The summed E-state index contributed by atoms with van der Waals surface area (Å²) >= 11 is 1.43. The summed E-state index contributed by atoms with van der Waals surface area (Å²) in [6.07, 6.45) is 0.367. The number of ether oxygens (including phenoxy) is 1. The monoisotopic (exact) mass is 390 g/mol. The molecule has 1 N–H and O–H groups in total. The van der Waals surface area contributed by atoms with Gasteiger partial charge >= 0.3 is 0 Å². The Bertz CT molecular complexity index is 1030. The molecule has 3 aromatic carbocycles. The van der Waals surface area contributed by atoms with Gasteiger partial charge in [-0.1, -0.05) is 42.1 Å². The number of para-hydroxylation sites is 3. The van der Waals surface area contributed by atoms with Crippen molar-refractivity contribution in [1.82, 2.24) is 4.98 Å². The average Bonchev–Trinajstić information content (AvgIpc) is 3.13. The van der Waals surface area contributed by atoms with E-state index in [0.717, 1.165) is 28.3 Å². The molecule has 0 atom stereocenters. The highest BCUT2D eigenvalue weighted by Gasteiger charge is 2.08. The van der Waals surface area contributed by atoms with Gasteiger partial charge in [0.1, 0.15) is 17.0 Å². The molecule has 0 aliphatic heterocycles. The van der Waals surface area contributed by atoms with Gasteiger partial charge in [0.25, 0.3) is 5.22 Å². The van der Waals surface area contributed by atoms with E-state index in [4.69, 9.17) is 9.15 Å². The van der Waals surface area contributed by atoms with Crippen LogP contribution in [0.1, 0.15) is 6.42 Å². The van der Waals surface area contributed by atoms with Crippen molar-refractivity contribution in [2.45, 2.75) is 11.6 Å². The molecule has 0 saturated heterocycles. The zero-order valence-electron chi connectivity index (χ0n) is 15.0. The molecule has 0 radical (unpaired) electrons. The number of hydrogen-bond donors (Lipinski definition) is 1. The van der Waals surface area contributed by atoms with E-state index in [-0.39, 0.29) is 5.91 Å². The van der Waals surface area contributed by atoms with Crippen LogP contribution >= 0.6 is 11.8 Å². The van der Waals surface area contributed by atoms with Crippen LogP contribution in [-0.4, -0.2) is 16.6 Å². The van der Waals surface area contributed by atoms with Gasteiger partial charge in [0.15, 0.2) is 5.58 Å². The second-order valence-corrected chi connectivity index (χ2v) is 7.08. The number of thioether (sulfide) groups is 1. The molecule has 140 valence electrons. The highest BCUT2D eigenvalue weighted by atomic mass is 32.2. The molecule has 0 bridgehead atoms. The molecule has 28 heavy (non-hydrogen) atoms. The summed E-state index contributed by atoms with van der Waals surface area (Å²) in [5.74, 6) is 2.03. The maximum Gasteiger partial charge on any atom is 0.256 e. The van der Waals surface area contributed by atoms with Crippen LogP contribution in [0.15, 0.2) is 88.5 Å². The zero-order valence-corrected chi connectivity index (χ0v) is 15.8. The molecule has 0 fully saturated rings. The van der Waals surface area contributed by atoms with E-state index in [1.165, 1.54) is 11.8 Å². The van der Waals surface area contributed by atoms with Gasteiger partial charge in [-0.2, -0.15) is 0 Å². The van der Waals surface area contributed by atoms with Crippen LogP contribution in [0.2, 0.25) is 0 Å². The van der Waals surface area contributed by atoms with Crippen molar-refractivity contribution in [1.29, 1.82) is 0 Å². The SMILES string of the molecule is O=C(CCSc1nc2ccccc2o1)Nc1ccc(Oc2ccccc2)cc1. The fourth-order valence-corrected chi connectivity index (χ4v) is 3.37. The number of aromatic nitrogens is 1. The molecule has 5 nitrogen and oxygen atoms in total. The molecule has 0 saturated carbocycles. The topological polar surface area (TPSA) is 64.4 Å². The molecular formula is C22H18N2O3S. The summed E-state index contributed by atoms with van der Waals surface area (Å²) in [4.78, 5) is 16.5. The van der Waals surface area contributed by atoms with Gasteiger partial charge in [0.2, 0.25) is 5.91 Å². The van der Waals surface area contributed by atoms with E-state index in [1.54, 1.807) is 0 Å². The normalized spacial score (nSPS) is 10.7. The first-order chi connectivity index (χ1) is 13.8. The molecule has 1 aromatic heterocycles. The van der Waals surface area contributed by atoms with Gasteiger partial charge in [-0.05, 0) is 48.5 Å². The lowest BCUT2D eigenvalue weighted by Crippen LogP contribution is -2.12. The molecular weight excluding hydrogens is 372 g/mol. The summed E-state index contributed by atoms with van der Waals surface area (Å²) in [6.45, 7) is 0. The zero-order chi connectivity index (χ0) is 19.2. The number of oxazole rings is 1. The van der Waals surface area contributed by atoms with E-state index < -0.39 is 0 Å². The van der Waals surface area contributed by atoms with Gasteiger partial charge in [0, 0.05) is 17.9 Å². The van der Waals surface area contributed by atoms with Crippen LogP contribution in [0.3, 0.4) is 0 Å². The lowest BCUT2D eigenvalue weighted by molar-refractivity contribution is -0.115. The minimum atomic E-state index is -0.0552. The summed E-state index contributed by atoms with van der Waals surface area (Å²) in [6, 6.07) is 24.5. The maximum atomic E-state index is 12.1. The summed E-state index contributed by atoms with van der Waals surface area (Å²) in [5.41, 5.74) is 2.32. The van der Waals surface area contributed by atoms with Crippen molar-refractivity contribution < 1.29 is 13.9 Å². The van der Waals surface area contributed by atoms with Crippen molar-refractivity contribution in [3.63, 3.8) is 0 Å². The minimum absolute atomic E-state index is 0.0552. The van der Waals surface area contributed by atoms with Crippen LogP contribution in [-0.2, 0) is 4.79 Å². The third kappa shape index (κ3) is 4.72. The number of anilines is 1. The van der Waals surface area contributed by atoms with Crippen LogP contribution < -0.4 is 10.1 Å². The van der Waals surface area contributed by atoms with Gasteiger partial charge in [0.05, 0.1) is 0 Å². The predicted octanol–water partition coefficient (Wildman–Crippen LogP) is 5.74. The van der Waals surface area contributed by atoms with Crippen molar-refractivity contribution >= 4 is 34.5 Å². The molecule has 0 spiro atoms. The molecule has 0 aliphatic rings. The quantitative estimate of drug-likeness (QED) is 0.408. The lowest BCUT2D eigenvalue weighted by Gasteiger charge is -2.08. The summed E-state index contributed by atoms with van der Waals surface area (Å²) in [5, 5.41) is 3.47. The first-order valence-electron chi connectivity index (χ1n) is 8.87. The van der Waals surface area contributed by atoms with Crippen LogP contribution in [0.25, 0.3) is 11.1 Å². The van der Waals surface area contributed by atoms with Crippen molar-refractivity contribution in [2.75, 3.05) is 11.1 Å². The van der Waals surface area contributed by atoms with Gasteiger partial charge in [-0.15, -0.1) is 0 Å². The Balaban J connectivity index is 1.25. The first kappa shape index (κ1) is 18.1. The summed E-state index contributed by atoms with van der Waals surface area (Å²) in [7, 11) is 0. The van der Waals surface area contributed by atoms with E-state index in [9.17, 15) is 4.79 Å². The third-order valence-electron chi connectivity index (χ3n) is 3.95. The molecule has 6 heteroatoms. The molecule has 4 rings (SSSR count). The van der Waals surface area contributed by atoms with Crippen LogP contribution in [0, 0.1) is 0 Å². The fourth-order valence-electron chi connectivity index (χ4n) is 2.60. The Morgan fingerprint density at radius 2 is 1.64 bits per heavy atom. The number of carbonyl (C=O) groups excluding carboxylic acids is 1. The Morgan fingerprint density at radius 1 is 0.929 bits per heavy atom. The molecule has 4 aromatic rings. The number of fused-ring (bicyclic) bond motifs is 1. The maximum absolute atomic E-state index is 12.1. The Hall–Kier alpha value is -3.25. The van der Waals surface area contributed by atoms with Gasteiger partial charge in [-0.25, -0.2) is 4.98 Å². The minimum Gasteiger partial charge on any atom is -0.457 e. The average molecular weight is 390 g/mol. The van der Waals surface area contributed by atoms with Gasteiger partial charge in [-0.3, -0.25) is 4.79 Å². The number of nitrogens with zero attached hydrogens (tertiary/aromatic N) is 1. The largest absolute Gasteiger partial charge is 0.457 e. The molecule has 0 aliphatic carbocycles. The molecule has 1 amide bonds. The Kier molecular flexibility index (Phi) is 5.58. The first-order valence-corrected chi connectivity index (χ1v) is 9.86. The fraction of sp³-hybridized carbons (Fsp3) is 0.0909. The van der Waals surface area contributed by atoms with E-state index in [0.29, 0.717) is 17.4 Å². The van der Waals surface area contributed by atoms with Gasteiger partial charge < -0.3 is 14.5 Å². The van der Waals surface area contributed by atoms with Crippen molar-refractivity contribution in [2.24, 2.45) is 0 Å². The third-order valence-corrected chi connectivity index (χ3v) is 4.78. The number of hydrogen-bond acceptors (Lipinski definition) is 5. The molecule has 1 heterocycles. The smallest absolute Gasteiger partial charge is 0.256 e. The van der Waals surface area contributed by atoms with E-state index in [2.05, 4.69) is 10.3 Å². The van der Waals surface area contributed by atoms with Crippen molar-refractivity contribution in [3.05, 3.63) is 78.9 Å². The second-order valence-electron chi connectivity index (χ2n) is 6.03. The standard InChI is InChI=1S/C22H18N2O3S/c25-21(14-15-28-22-24-19-8-4-5-9-20(19)27-22)23-16-10-12-18(13-11-16)26-17-6-2-1-3-7-17/h1-13H,14-15H2,(H,23,25). The van der Waals surface area contributed by atoms with Crippen LogP contribution in [0.4, 0.5) is 5.69 Å². The van der Waals surface area contributed by atoms with E-state index in [1.807, 2.05) is 78.9 Å². The Morgan fingerprint density at radius 3 is 2.43 bits per heavy atom. The summed E-state index contributed by atoms with van der Waals surface area (Å²) < 4.78 is 11.4. The van der Waals surface area contributed by atoms with E-state index >= 15 is 0 Å². The number of rotatable bonds is 7. The number of amides is 1. The Labute approximate surface area is 166 Å². The van der Waals surface area contributed by atoms with Crippen molar-refractivity contribution in [3.8, 4) is 11.5 Å². The highest BCUT2D eigenvalue weighted by molar-refractivity contribution is 7.99. The number of nitrogens with one attached hydrogen (secondary N) is 1. The number of benzene rings is 3. The number of carbonyl (C=O) groups is 1. The highest BCUT2D eigenvalue weighted by Crippen LogP contribution is 2.24. The van der Waals surface area contributed by atoms with Crippen LogP contribution in [0.5, 0.6) is 11.5 Å².